The van der Waals surface area contributed by atoms with Crippen molar-refractivity contribution in [2.24, 2.45) is 0 Å². The van der Waals surface area contributed by atoms with Crippen LogP contribution in [-0.4, -0.2) is 31.3 Å². The topological polar surface area (TPSA) is 77.6 Å². The molecule has 0 fully saturated rings. The second kappa shape index (κ2) is 7.18. The lowest BCUT2D eigenvalue weighted by molar-refractivity contribution is 0.562. The van der Waals surface area contributed by atoms with E-state index in [1.807, 2.05) is 13.1 Å². The summed E-state index contributed by atoms with van der Waals surface area (Å²) >= 11 is 3.33. The molecule has 2 aromatic heterocycles. The number of aryl methyl sites for hydroxylation is 2. The number of nitrogens with zero attached hydrogens (tertiary/aromatic N) is 5. The molecule has 0 aromatic carbocycles. The molecule has 2 heterocycles. The van der Waals surface area contributed by atoms with Crippen molar-refractivity contribution in [3.8, 4) is 0 Å². The molecule has 1 N–H and O–H groups in total. The lowest BCUT2D eigenvalue weighted by Gasteiger charge is -2.09. The number of nitrogens with one attached hydrogen (secondary N) is 1. The molecule has 0 radical (unpaired) electrons. The van der Waals surface area contributed by atoms with Gasteiger partial charge in [0.25, 0.3) is 5.56 Å². The third-order valence-electron chi connectivity index (χ3n) is 2.77. The highest BCUT2D eigenvalue weighted by Gasteiger charge is 2.07. The predicted molar refractivity (Wildman–Crippen MR) is 79.6 cm³/mol. The van der Waals surface area contributed by atoms with Crippen molar-refractivity contribution in [2.75, 3.05) is 11.9 Å². The van der Waals surface area contributed by atoms with Crippen LogP contribution in [0.5, 0.6) is 0 Å². The van der Waals surface area contributed by atoms with E-state index in [2.05, 4.69) is 36.7 Å². The molecular weight excluding hydrogens is 324 g/mol. The third-order valence-corrected chi connectivity index (χ3v) is 3.54. The molecule has 0 saturated heterocycles. The minimum atomic E-state index is -0.104. The molecule has 0 atom stereocenters. The lowest BCUT2D eigenvalue weighted by atomic mass is 10.4. The van der Waals surface area contributed by atoms with Crippen molar-refractivity contribution in [1.82, 2.24) is 24.8 Å². The quantitative estimate of drug-likeness (QED) is 0.773. The van der Waals surface area contributed by atoms with Crippen molar-refractivity contribution < 1.29 is 0 Å². The summed E-state index contributed by atoms with van der Waals surface area (Å²) in [5.41, 5.74) is 0.620. The van der Waals surface area contributed by atoms with Gasteiger partial charge in [-0.1, -0.05) is 12.1 Å². The standard InChI is InChI=1S/C12H17BrN6O/c1-2-6-19-12(20)11(13)10(9-16-19)14-4-3-7-18-8-5-15-17-18/h5,8-9,14H,2-4,6-7H2,1H3. The molecule has 0 aliphatic heterocycles. The first-order chi connectivity index (χ1) is 9.72. The minimum Gasteiger partial charge on any atom is -0.383 e. The van der Waals surface area contributed by atoms with Crippen molar-refractivity contribution in [3.63, 3.8) is 0 Å². The monoisotopic (exact) mass is 340 g/mol. The molecule has 20 heavy (non-hydrogen) atoms. The third kappa shape index (κ3) is 3.66. The van der Waals surface area contributed by atoms with Crippen molar-refractivity contribution in [1.29, 1.82) is 0 Å². The van der Waals surface area contributed by atoms with Crippen molar-refractivity contribution in [2.45, 2.75) is 32.9 Å². The summed E-state index contributed by atoms with van der Waals surface area (Å²) in [4.78, 5) is 12.0. The zero-order chi connectivity index (χ0) is 14.4. The maximum Gasteiger partial charge on any atom is 0.283 e. The molecule has 0 aliphatic rings. The molecule has 108 valence electrons. The Kier molecular flexibility index (Phi) is 5.28. The Bertz CT molecular complexity index is 594. The smallest absolute Gasteiger partial charge is 0.283 e. The van der Waals surface area contributed by atoms with Crippen LogP contribution in [0.15, 0.2) is 27.9 Å². The van der Waals surface area contributed by atoms with Gasteiger partial charge in [-0.3, -0.25) is 9.48 Å². The Labute approximate surface area is 125 Å². The molecule has 0 saturated carbocycles. The first-order valence-electron chi connectivity index (χ1n) is 6.56. The minimum absolute atomic E-state index is 0.104. The number of hydrogen-bond donors (Lipinski definition) is 1. The normalized spacial score (nSPS) is 10.7. The second-order valence-corrected chi connectivity index (χ2v) is 5.14. The van der Waals surface area contributed by atoms with E-state index in [4.69, 9.17) is 0 Å². The highest BCUT2D eigenvalue weighted by Crippen LogP contribution is 2.15. The molecular formula is C12H17BrN6O. The maximum atomic E-state index is 12.0. The number of hydrogen-bond acceptors (Lipinski definition) is 5. The van der Waals surface area contributed by atoms with Gasteiger partial charge >= 0.3 is 0 Å². The second-order valence-electron chi connectivity index (χ2n) is 4.35. The number of rotatable bonds is 7. The summed E-state index contributed by atoms with van der Waals surface area (Å²) in [5, 5.41) is 15.0. The molecule has 0 unspecified atom stereocenters. The molecule has 0 amide bonds. The zero-order valence-corrected chi connectivity index (χ0v) is 12.9. The highest BCUT2D eigenvalue weighted by atomic mass is 79.9. The summed E-state index contributed by atoms with van der Waals surface area (Å²) in [6.45, 7) is 4.16. The molecule has 0 bridgehead atoms. The van der Waals surface area contributed by atoms with E-state index in [0.717, 1.165) is 31.6 Å². The Morgan fingerprint density at radius 3 is 2.95 bits per heavy atom. The molecule has 2 rings (SSSR count). The van der Waals surface area contributed by atoms with Gasteiger partial charge in [-0.2, -0.15) is 5.10 Å². The van der Waals surface area contributed by atoms with E-state index in [1.54, 1.807) is 17.1 Å². The van der Waals surface area contributed by atoms with E-state index < -0.39 is 0 Å². The molecule has 2 aromatic rings. The highest BCUT2D eigenvalue weighted by molar-refractivity contribution is 9.10. The van der Waals surface area contributed by atoms with Gasteiger partial charge in [0, 0.05) is 25.8 Å². The van der Waals surface area contributed by atoms with Crippen LogP contribution in [0, 0.1) is 0 Å². The van der Waals surface area contributed by atoms with Crippen LogP contribution in [0.4, 0.5) is 5.69 Å². The fraction of sp³-hybridized carbons (Fsp3) is 0.500. The van der Waals surface area contributed by atoms with E-state index in [0.29, 0.717) is 11.0 Å². The average molecular weight is 341 g/mol. The van der Waals surface area contributed by atoms with Gasteiger partial charge in [-0.25, -0.2) is 4.68 Å². The zero-order valence-electron chi connectivity index (χ0n) is 11.3. The van der Waals surface area contributed by atoms with E-state index in [-0.39, 0.29) is 5.56 Å². The van der Waals surface area contributed by atoms with Crippen LogP contribution < -0.4 is 10.9 Å². The maximum absolute atomic E-state index is 12.0. The van der Waals surface area contributed by atoms with E-state index >= 15 is 0 Å². The van der Waals surface area contributed by atoms with Gasteiger partial charge in [-0.05, 0) is 28.8 Å². The fourth-order valence-electron chi connectivity index (χ4n) is 1.78. The van der Waals surface area contributed by atoms with Crippen molar-refractivity contribution in [3.05, 3.63) is 33.4 Å². The Hall–Kier alpha value is -1.70. The first-order valence-corrected chi connectivity index (χ1v) is 7.35. The summed E-state index contributed by atoms with van der Waals surface area (Å²) in [6.07, 6.45) is 6.92. The van der Waals surface area contributed by atoms with Crippen LogP contribution >= 0.6 is 15.9 Å². The first kappa shape index (κ1) is 14.7. The van der Waals surface area contributed by atoms with Gasteiger partial charge in [-0.15, -0.1) is 5.10 Å². The average Bonchev–Trinajstić information content (AvgIpc) is 2.95. The van der Waals surface area contributed by atoms with Gasteiger partial charge < -0.3 is 5.32 Å². The predicted octanol–water partition coefficient (Wildman–Crippen LogP) is 1.51. The fourth-order valence-corrected chi connectivity index (χ4v) is 2.22. The summed E-state index contributed by atoms with van der Waals surface area (Å²) in [7, 11) is 0. The van der Waals surface area contributed by atoms with Crippen LogP contribution in [0.3, 0.4) is 0 Å². The van der Waals surface area contributed by atoms with Gasteiger partial charge in [0.05, 0.1) is 18.1 Å². The number of anilines is 1. The summed E-state index contributed by atoms with van der Waals surface area (Å²) < 4.78 is 3.76. The lowest BCUT2D eigenvalue weighted by Crippen LogP contribution is -2.24. The van der Waals surface area contributed by atoms with E-state index in [9.17, 15) is 4.79 Å². The van der Waals surface area contributed by atoms with Gasteiger partial charge in [0.1, 0.15) is 4.47 Å². The van der Waals surface area contributed by atoms with Crippen LogP contribution in [0.25, 0.3) is 0 Å². The summed E-state index contributed by atoms with van der Waals surface area (Å²) in [5.74, 6) is 0. The molecule has 7 nitrogen and oxygen atoms in total. The molecule has 0 aliphatic carbocycles. The van der Waals surface area contributed by atoms with Gasteiger partial charge in [0.2, 0.25) is 0 Å². The van der Waals surface area contributed by atoms with E-state index in [1.165, 1.54) is 4.68 Å². The van der Waals surface area contributed by atoms with Crippen LogP contribution in [0.2, 0.25) is 0 Å². The van der Waals surface area contributed by atoms with Gasteiger partial charge in [0.15, 0.2) is 0 Å². The molecule has 0 spiro atoms. The number of halogens is 1. The SMILES string of the molecule is CCCn1ncc(NCCCn2ccnn2)c(Br)c1=O. The summed E-state index contributed by atoms with van der Waals surface area (Å²) in [6, 6.07) is 0. The Morgan fingerprint density at radius 1 is 1.40 bits per heavy atom. The Morgan fingerprint density at radius 2 is 2.25 bits per heavy atom. The van der Waals surface area contributed by atoms with Crippen LogP contribution in [0.1, 0.15) is 19.8 Å². The molecule has 8 heteroatoms. The van der Waals surface area contributed by atoms with Crippen LogP contribution in [-0.2, 0) is 13.1 Å². The van der Waals surface area contributed by atoms with Crippen molar-refractivity contribution >= 4 is 21.6 Å². The Balaban J connectivity index is 1.89. The largest absolute Gasteiger partial charge is 0.383 e. The number of aromatic nitrogens is 5.